The largest absolute Gasteiger partial charge is 0.458 e. The van der Waals surface area contributed by atoms with Gasteiger partial charge in [0, 0.05) is 49.9 Å². The number of aliphatic hydroxyl groups is 4. The smallest absolute Gasteiger partial charge is 0.331 e. The first-order valence-electron chi connectivity index (χ1n) is 22.3. The second-order valence-electron chi connectivity index (χ2n) is 20.0. The van der Waals surface area contributed by atoms with Crippen LogP contribution in [0.3, 0.4) is 0 Å². The highest BCUT2D eigenvalue weighted by Gasteiger charge is 2.71. The maximum absolute atomic E-state index is 12.6. The number of hydrogen-bond acceptors (Lipinski definition) is 13. The first-order valence-corrected chi connectivity index (χ1v) is 22.3. The molecular weight excluding hydrogens is 734 g/mol. The molecule has 4 saturated carbocycles. The molecule has 7 fully saturated rings. The highest BCUT2D eigenvalue weighted by molar-refractivity contribution is 5.85. The minimum absolute atomic E-state index is 0.0131. The first-order chi connectivity index (χ1) is 27.0. The van der Waals surface area contributed by atoms with Gasteiger partial charge in [0.15, 0.2) is 18.9 Å². The van der Waals surface area contributed by atoms with Crippen molar-refractivity contribution in [3.63, 3.8) is 0 Å². The Bertz CT molecular complexity index is 1460. The van der Waals surface area contributed by atoms with Gasteiger partial charge in [0.05, 0.1) is 48.3 Å². The zero-order valence-corrected chi connectivity index (χ0v) is 35.3. The summed E-state index contributed by atoms with van der Waals surface area (Å²) >= 11 is 0. The van der Waals surface area contributed by atoms with Crippen LogP contribution in [0.2, 0.25) is 0 Å². The number of hydrogen-bond donors (Lipinski definition) is 4. The van der Waals surface area contributed by atoms with Gasteiger partial charge in [-0.3, -0.25) is 4.90 Å². The number of nitrogens with zero attached hydrogens (tertiary/aromatic N) is 1. The van der Waals surface area contributed by atoms with Crippen LogP contribution in [0.15, 0.2) is 11.6 Å². The molecule has 0 aromatic rings. The summed E-state index contributed by atoms with van der Waals surface area (Å²) in [7, 11) is 0. The lowest BCUT2D eigenvalue weighted by molar-refractivity contribution is -0.329. The topological polar surface area (TPSA) is 166 Å². The Hall–Kier alpha value is -1.23. The first kappa shape index (κ1) is 42.5. The molecular formula is C44H71NO12. The van der Waals surface area contributed by atoms with Crippen LogP contribution in [0.1, 0.15) is 119 Å². The summed E-state index contributed by atoms with van der Waals surface area (Å²) in [5.41, 5.74) is -0.835. The Balaban J connectivity index is 0.828. The molecule has 0 aromatic carbocycles. The van der Waals surface area contributed by atoms with Crippen molar-refractivity contribution in [1.82, 2.24) is 4.90 Å². The van der Waals surface area contributed by atoms with Gasteiger partial charge < -0.3 is 53.6 Å². The number of esters is 1. The van der Waals surface area contributed by atoms with Crippen molar-refractivity contribution in [2.75, 3.05) is 19.7 Å². The van der Waals surface area contributed by atoms with Gasteiger partial charge in [-0.25, -0.2) is 4.79 Å². The number of fused-ring (bicyclic) bond motifs is 5. The molecule has 0 radical (unpaired) electrons. The summed E-state index contributed by atoms with van der Waals surface area (Å²) in [6.45, 7) is 16.6. The van der Waals surface area contributed by atoms with E-state index in [1.807, 2.05) is 13.8 Å². The Morgan fingerprint density at radius 1 is 0.789 bits per heavy atom. The zero-order chi connectivity index (χ0) is 40.6. The fraction of sp³-hybridized carbons (Fsp3) is 0.932. The molecule has 324 valence electrons. The van der Waals surface area contributed by atoms with Gasteiger partial charge in [-0.05, 0) is 121 Å². The van der Waals surface area contributed by atoms with E-state index in [1.165, 1.54) is 0 Å². The van der Waals surface area contributed by atoms with E-state index < -0.39 is 72.6 Å². The average Bonchev–Trinajstić information content (AvgIpc) is 3.63. The van der Waals surface area contributed by atoms with Crippen molar-refractivity contribution in [1.29, 1.82) is 0 Å². The molecule has 0 bridgehead atoms. The van der Waals surface area contributed by atoms with Gasteiger partial charge >= 0.3 is 5.97 Å². The van der Waals surface area contributed by atoms with E-state index in [4.69, 9.17) is 33.2 Å². The van der Waals surface area contributed by atoms with Crippen LogP contribution in [-0.2, 0) is 38.0 Å². The van der Waals surface area contributed by atoms with Crippen molar-refractivity contribution in [3.05, 3.63) is 11.6 Å². The SMILES string of the molecule is CC1CN(C(C)C)CCC(O[C@@H]2[C@H](C)O[C@@H](O[C@@H]3[C@H](C)O[C@@H](O[C@H]4CC[C@@]5(C)C(CCC6C5C[C@H](O)[C@]5(C)[C@@H](C7=CC(=O)OC7)CC[C@]65O)C4)C[C@@H]3O)C[C@@H]2O)O1. The van der Waals surface area contributed by atoms with Crippen LogP contribution in [0.5, 0.6) is 0 Å². The molecule has 4 aliphatic carbocycles. The van der Waals surface area contributed by atoms with Gasteiger partial charge in [0.2, 0.25) is 0 Å². The number of ether oxygens (including phenoxy) is 7. The minimum atomic E-state index is -0.999. The van der Waals surface area contributed by atoms with E-state index in [9.17, 15) is 25.2 Å². The highest BCUT2D eigenvalue weighted by atomic mass is 16.7. The summed E-state index contributed by atoms with van der Waals surface area (Å²) in [5, 5.41) is 47.1. The zero-order valence-electron chi connectivity index (χ0n) is 35.3. The molecule has 4 aliphatic heterocycles. The Kier molecular flexibility index (Phi) is 12.1. The maximum Gasteiger partial charge on any atom is 0.331 e. The van der Waals surface area contributed by atoms with Crippen molar-refractivity contribution in [3.8, 4) is 0 Å². The number of rotatable bonds is 8. The molecule has 4 N–H and O–H groups in total. The van der Waals surface area contributed by atoms with Gasteiger partial charge in [0.1, 0.15) is 18.8 Å². The van der Waals surface area contributed by atoms with Gasteiger partial charge in [-0.1, -0.05) is 13.8 Å². The van der Waals surface area contributed by atoms with Crippen LogP contribution in [-0.4, -0.2) is 136 Å². The average molecular weight is 806 g/mol. The fourth-order valence-corrected chi connectivity index (χ4v) is 13.3. The Labute approximate surface area is 339 Å². The lowest BCUT2D eigenvalue weighted by atomic mass is 9.42. The second kappa shape index (κ2) is 16.2. The Morgan fingerprint density at radius 3 is 2.09 bits per heavy atom. The van der Waals surface area contributed by atoms with Crippen molar-refractivity contribution in [2.45, 2.75) is 205 Å². The summed E-state index contributed by atoms with van der Waals surface area (Å²) in [6, 6.07) is 0.419. The molecule has 4 heterocycles. The van der Waals surface area contributed by atoms with Crippen LogP contribution in [0, 0.1) is 34.5 Å². The number of carbonyl (C=O) groups excluding carboxylic acids is 1. The molecule has 8 aliphatic rings. The van der Waals surface area contributed by atoms with Crippen molar-refractivity contribution < 1.29 is 58.4 Å². The third kappa shape index (κ3) is 7.70. The number of carbonyl (C=O) groups is 1. The lowest BCUT2D eigenvalue weighted by Gasteiger charge is -2.65. The van der Waals surface area contributed by atoms with Crippen LogP contribution < -0.4 is 0 Å². The van der Waals surface area contributed by atoms with Crippen LogP contribution in [0.25, 0.3) is 0 Å². The summed E-state index contributed by atoms with van der Waals surface area (Å²) in [6.07, 6.45) is 3.16. The lowest BCUT2D eigenvalue weighted by Crippen LogP contribution is -2.67. The van der Waals surface area contributed by atoms with Crippen molar-refractivity contribution >= 4 is 5.97 Å². The highest BCUT2D eigenvalue weighted by Crippen LogP contribution is 2.70. The molecule has 8 rings (SSSR count). The van der Waals surface area contributed by atoms with Gasteiger partial charge in [-0.2, -0.15) is 0 Å². The second-order valence-corrected chi connectivity index (χ2v) is 20.0. The maximum atomic E-state index is 12.6. The van der Waals surface area contributed by atoms with E-state index in [1.54, 1.807) is 6.08 Å². The molecule has 13 heteroatoms. The van der Waals surface area contributed by atoms with E-state index >= 15 is 0 Å². The summed E-state index contributed by atoms with van der Waals surface area (Å²) in [5.74, 6) is 0.279. The minimum Gasteiger partial charge on any atom is -0.458 e. The molecule has 5 unspecified atom stereocenters. The Morgan fingerprint density at radius 2 is 1.46 bits per heavy atom. The van der Waals surface area contributed by atoms with Gasteiger partial charge in [0.25, 0.3) is 0 Å². The standard InChI is InChI=1S/C44H71NO12/c1-23(2)45-15-12-37(52-24(3)21-45)56-40-25(4)54-39(20-34(40)47)57-41-26(5)53-38(19-33(41)46)55-29-10-13-42(6)28(17-29)8-9-31-32(42)18-35(48)43(7)30(11-14-44(31,43)50)27-16-36(49)51-22-27/h16,23-26,28-35,37-41,46-48,50H,8-15,17-22H2,1-7H3/t24?,25-,26-,28?,29-,30+,31?,32?,33-,34-,35-,37?,38-,39-,40+,41+,42-,43-,44-/m0/s1. The van der Waals surface area contributed by atoms with E-state index in [0.717, 1.165) is 57.2 Å². The molecule has 0 spiro atoms. The quantitative estimate of drug-likeness (QED) is 0.204. The normalized spacial score (nSPS) is 52.1. The van der Waals surface area contributed by atoms with Gasteiger partial charge in [-0.15, -0.1) is 0 Å². The number of cyclic esters (lactones) is 1. The number of aliphatic hydroxyl groups excluding tert-OH is 3. The van der Waals surface area contributed by atoms with Crippen LogP contribution in [0.4, 0.5) is 0 Å². The van der Waals surface area contributed by atoms with Crippen molar-refractivity contribution in [2.24, 2.45) is 34.5 Å². The van der Waals surface area contributed by atoms with E-state index in [-0.39, 0.29) is 60.8 Å². The predicted molar refractivity (Wildman–Crippen MR) is 207 cm³/mol. The fourth-order valence-electron chi connectivity index (χ4n) is 13.3. The molecule has 57 heavy (non-hydrogen) atoms. The summed E-state index contributed by atoms with van der Waals surface area (Å²) in [4.78, 5) is 14.3. The third-order valence-corrected chi connectivity index (χ3v) is 16.5. The van der Waals surface area contributed by atoms with E-state index in [2.05, 4.69) is 39.5 Å². The molecule has 0 aromatic heterocycles. The summed E-state index contributed by atoms with van der Waals surface area (Å²) < 4.78 is 43.3. The molecule has 13 nitrogen and oxygen atoms in total. The molecule has 19 atom stereocenters. The van der Waals surface area contributed by atoms with E-state index in [0.29, 0.717) is 31.2 Å². The van der Waals surface area contributed by atoms with Crippen LogP contribution >= 0.6 is 0 Å². The monoisotopic (exact) mass is 805 g/mol. The molecule has 3 saturated heterocycles. The third-order valence-electron chi connectivity index (χ3n) is 16.5. The molecule has 0 amide bonds. The predicted octanol–water partition coefficient (Wildman–Crippen LogP) is 4.21.